The maximum Gasteiger partial charge on any atom is 0.332 e. The average Bonchev–Trinajstić information content (AvgIpc) is 3.20. The van der Waals surface area contributed by atoms with E-state index in [4.69, 9.17) is 15.2 Å². The number of carbonyl (C=O) groups excluding carboxylic acids is 1. The van der Waals surface area contributed by atoms with Crippen LogP contribution in [-0.2, 0) is 0 Å². The topological polar surface area (TPSA) is 85.9 Å². The monoisotopic (exact) mass is 263 g/mol. The summed E-state index contributed by atoms with van der Waals surface area (Å²) in [5.41, 5.74) is 7.84. The molecule has 19 heavy (non-hydrogen) atoms. The van der Waals surface area contributed by atoms with Gasteiger partial charge in [-0.05, 0) is 42.5 Å². The first kappa shape index (κ1) is 13.2. The number of hydrogen-bond donors (Lipinski definition) is 2. The Bertz CT molecular complexity index is 484. The molecule has 0 bridgehead atoms. The Morgan fingerprint density at radius 2 is 2.32 bits per heavy atom. The SMILES string of the molecule is COc1ccc(C=NNC(N)=O)cc1OCC1CC1. The minimum absolute atomic E-state index is 0.665. The molecule has 0 heterocycles. The highest BCUT2D eigenvalue weighted by Gasteiger charge is 2.22. The van der Waals surface area contributed by atoms with Gasteiger partial charge in [0.15, 0.2) is 11.5 Å². The second-order valence-corrected chi connectivity index (χ2v) is 4.40. The molecule has 0 unspecified atom stereocenters. The molecule has 1 fully saturated rings. The van der Waals surface area contributed by atoms with Crippen LogP contribution in [0.25, 0.3) is 0 Å². The fraction of sp³-hybridized carbons (Fsp3) is 0.385. The highest BCUT2D eigenvalue weighted by molar-refractivity contribution is 5.82. The van der Waals surface area contributed by atoms with E-state index in [0.717, 1.165) is 5.56 Å². The summed E-state index contributed by atoms with van der Waals surface area (Å²) in [5.74, 6) is 2.02. The number of nitrogens with zero attached hydrogens (tertiary/aromatic N) is 1. The summed E-state index contributed by atoms with van der Waals surface area (Å²) in [6, 6.07) is 4.73. The Hall–Kier alpha value is -2.24. The van der Waals surface area contributed by atoms with Crippen LogP contribution in [0.5, 0.6) is 11.5 Å². The summed E-state index contributed by atoms with van der Waals surface area (Å²) in [5, 5.41) is 3.70. The largest absolute Gasteiger partial charge is 0.493 e. The summed E-state index contributed by atoms with van der Waals surface area (Å²) >= 11 is 0. The van der Waals surface area contributed by atoms with E-state index in [1.54, 1.807) is 13.2 Å². The van der Waals surface area contributed by atoms with E-state index in [9.17, 15) is 4.79 Å². The number of amides is 2. The first-order valence-electron chi connectivity index (χ1n) is 6.08. The van der Waals surface area contributed by atoms with Crippen molar-refractivity contribution >= 4 is 12.2 Å². The number of methoxy groups -OCH3 is 1. The third kappa shape index (κ3) is 4.17. The molecule has 1 aliphatic carbocycles. The third-order valence-electron chi connectivity index (χ3n) is 2.75. The van der Waals surface area contributed by atoms with E-state index >= 15 is 0 Å². The second kappa shape index (κ2) is 6.08. The fourth-order valence-corrected chi connectivity index (χ4v) is 1.55. The van der Waals surface area contributed by atoms with Crippen LogP contribution in [0.1, 0.15) is 18.4 Å². The van der Waals surface area contributed by atoms with Crippen LogP contribution in [0.4, 0.5) is 4.79 Å². The lowest BCUT2D eigenvalue weighted by atomic mass is 10.2. The third-order valence-corrected chi connectivity index (χ3v) is 2.75. The van der Waals surface area contributed by atoms with E-state index in [1.165, 1.54) is 19.1 Å². The molecule has 102 valence electrons. The van der Waals surface area contributed by atoms with E-state index in [-0.39, 0.29) is 0 Å². The Balaban J connectivity index is 2.04. The van der Waals surface area contributed by atoms with Crippen molar-refractivity contribution in [3.05, 3.63) is 23.8 Å². The molecule has 1 aliphatic rings. The first-order chi connectivity index (χ1) is 9.19. The average molecular weight is 263 g/mol. The number of hydrazone groups is 1. The Labute approximate surface area is 111 Å². The fourth-order valence-electron chi connectivity index (χ4n) is 1.55. The van der Waals surface area contributed by atoms with E-state index in [1.807, 2.05) is 12.1 Å². The van der Waals surface area contributed by atoms with Crippen LogP contribution in [0.15, 0.2) is 23.3 Å². The van der Waals surface area contributed by atoms with Crippen LogP contribution >= 0.6 is 0 Å². The van der Waals surface area contributed by atoms with Gasteiger partial charge in [-0.1, -0.05) is 0 Å². The highest BCUT2D eigenvalue weighted by atomic mass is 16.5. The molecule has 0 radical (unpaired) electrons. The van der Waals surface area contributed by atoms with Crippen molar-refractivity contribution in [2.24, 2.45) is 16.8 Å². The summed E-state index contributed by atoms with van der Waals surface area (Å²) in [7, 11) is 1.60. The number of urea groups is 1. The van der Waals surface area contributed by atoms with Crippen molar-refractivity contribution in [2.45, 2.75) is 12.8 Å². The van der Waals surface area contributed by atoms with Gasteiger partial charge >= 0.3 is 6.03 Å². The number of nitrogens with two attached hydrogens (primary N) is 1. The predicted octanol–water partition coefficient (Wildman–Crippen LogP) is 1.49. The normalized spacial score (nSPS) is 14.4. The van der Waals surface area contributed by atoms with Gasteiger partial charge in [-0.3, -0.25) is 0 Å². The molecule has 2 rings (SSSR count). The zero-order valence-corrected chi connectivity index (χ0v) is 10.8. The molecule has 0 spiro atoms. The van der Waals surface area contributed by atoms with Gasteiger partial charge in [-0.2, -0.15) is 5.10 Å². The minimum atomic E-state index is -0.699. The van der Waals surface area contributed by atoms with Gasteiger partial charge in [0.25, 0.3) is 0 Å². The molecule has 2 amide bonds. The van der Waals surface area contributed by atoms with E-state index in [2.05, 4.69) is 10.5 Å². The van der Waals surface area contributed by atoms with Gasteiger partial charge in [0.05, 0.1) is 19.9 Å². The quantitative estimate of drug-likeness (QED) is 0.602. The van der Waals surface area contributed by atoms with Gasteiger partial charge in [0.1, 0.15) is 0 Å². The second-order valence-electron chi connectivity index (χ2n) is 4.40. The molecule has 1 aromatic rings. The van der Waals surface area contributed by atoms with E-state index in [0.29, 0.717) is 24.0 Å². The first-order valence-corrected chi connectivity index (χ1v) is 6.08. The minimum Gasteiger partial charge on any atom is -0.493 e. The summed E-state index contributed by atoms with van der Waals surface area (Å²) < 4.78 is 11.0. The number of carbonyl (C=O) groups is 1. The number of ether oxygens (including phenoxy) is 2. The smallest absolute Gasteiger partial charge is 0.332 e. The van der Waals surface area contributed by atoms with E-state index < -0.39 is 6.03 Å². The Morgan fingerprint density at radius 3 is 2.95 bits per heavy atom. The van der Waals surface area contributed by atoms with Gasteiger partial charge in [-0.25, -0.2) is 10.2 Å². The van der Waals surface area contributed by atoms with Crippen LogP contribution in [0.2, 0.25) is 0 Å². The number of nitrogens with one attached hydrogen (secondary N) is 1. The Kier molecular flexibility index (Phi) is 4.22. The predicted molar refractivity (Wildman–Crippen MR) is 71.5 cm³/mol. The lowest BCUT2D eigenvalue weighted by molar-refractivity contribution is 0.249. The summed E-state index contributed by atoms with van der Waals surface area (Å²) in [4.78, 5) is 10.5. The lowest BCUT2D eigenvalue weighted by Gasteiger charge is -2.10. The molecule has 0 aliphatic heterocycles. The molecular formula is C13H17N3O3. The van der Waals surface area contributed by atoms with Gasteiger partial charge in [-0.15, -0.1) is 0 Å². The molecule has 3 N–H and O–H groups in total. The van der Waals surface area contributed by atoms with Gasteiger partial charge in [0.2, 0.25) is 0 Å². The van der Waals surface area contributed by atoms with Crippen molar-refractivity contribution in [3.63, 3.8) is 0 Å². The number of primary amides is 1. The van der Waals surface area contributed by atoms with Gasteiger partial charge in [0, 0.05) is 0 Å². The van der Waals surface area contributed by atoms with Crippen molar-refractivity contribution in [1.82, 2.24) is 5.43 Å². The maximum absolute atomic E-state index is 10.5. The maximum atomic E-state index is 10.5. The van der Waals surface area contributed by atoms with Crippen molar-refractivity contribution < 1.29 is 14.3 Å². The van der Waals surface area contributed by atoms with Crippen LogP contribution in [-0.4, -0.2) is 26.0 Å². The summed E-state index contributed by atoms with van der Waals surface area (Å²) in [6.07, 6.45) is 3.95. The molecule has 1 aromatic carbocycles. The summed E-state index contributed by atoms with van der Waals surface area (Å²) in [6.45, 7) is 0.705. The standard InChI is InChI=1S/C13H17N3O3/c1-18-11-5-4-10(7-15-16-13(14)17)6-12(11)19-8-9-2-3-9/h4-7,9H,2-3,8H2,1H3,(H3,14,16,17). The highest BCUT2D eigenvalue weighted by Crippen LogP contribution is 2.33. The van der Waals surface area contributed by atoms with Crippen molar-refractivity contribution in [1.29, 1.82) is 0 Å². The number of benzene rings is 1. The molecule has 6 heteroatoms. The number of hydrogen-bond acceptors (Lipinski definition) is 4. The Morgan fingerprint density at radius 1 is 1.53 bits per heavy atom. The lowest BCUT2D eigenvalue weighted by Crippen LogP contribution is -2.24. The molecule has 1 saturated carbocycles. The van der Waals surface area contributed by atoms with Crippen molar-refractivity contribution in [3.8, 4) is 11.5 Å². The van der Waals surface area contributed by atoms with Crippen LogP contribution in [0, 0.1) is 5.92 Å². The number of rotatable bonds is 6. The van der Waals surface area contributed by atoms with Gasteiger partial charge < -0.3 is 15.2 Å². The van der Waals surface area contributed by atoms with Crippen LogP contribution < -0.4 is 20.6 Å². The zero-order chi connectivity index (χ0) is 13.7. The molecular weight excluding hydrogens is 246 g/mol. The van der Waals surface area contributed by atoms with Crippen molar-refractivity contribution in [2.75, 3.05) is 13.7 Å². The molecule has 0 aromatic heterocycles. The molecule has 0 saturated heterocycles. The van der Waals surface area contributed by atoms with Crippen LogP contribution in [0.3, 0.4) is 0 Å². The molecule has 6 nitrogen and oxygen atoms in total. The molecule has 0 atom stereocenters. The zero-order valence-electron chi connectivity index (χ0n) is 10.8.